The normalized spacial score (nSPS) is 15.5. The topological polar surface area (TPSA) is 122 Å². The molecule has 0 unspecified atom stereocenters. The average molecular weight is 316 g/mol. The third-order valence-electron chi connectivity index (χ3n) is 3.77. The number of H-pyrrole nitrogens is 1. The summed E-state index contributed by atoms with van der Waals surface area (Å²) in [6.07, 6.45) is 1.40. The molecule has 1 aliphatic heterocycles. The second kappa shape index (κ2) is 6.67. The van der Waals surface area contributed by atoms with Gasteiger partial charge in [-0.25, -0.2) is 0 Å². The van der Waals surface area contributed by atoms with E-state index in [1.807, 2.05) is 12.1 Å². The molecule has 1 aromatic heterocycles. The highest BCUT2D eigenvalue weighted by atomic mass is 16.5. The lowest BCUT2D eigenvalue weighted by molar-refractivity contribution is 0.0342. The lowest BCUT2D eigenvalue weighted by atomic mass is 10.1. The molecule has 23 heavy (non-hydrogen) atoms. The van der Waals surface area contributed by atoms with Crippen molar-refractivity contribution in [3.05, 3.63) is 35.7 Å². The molecule has 2 aromatic rings. The van der Waals surface area contributed by atoms with Crippen LogP contribution in [0.1, 0.15) is 16.1 Å². The zero-order valence-electron chi connectivity index (χ0n) is 12.7. The van der Waals surface area contributed by atoms with Crippen LogP contribution in [0.25, 0.3) is 0 Å². The monoisotopic (exact) mass is 316 g/mol. The molecule has 122 valence electrons. The van der Waals surface area contributed by atoms with E-state index in [0.717, 1.165) is 38.4 Å². The lowest BCUT2D eigenvalue weighted by Gasteiger charge is -2.26. The molecule has 0 aliphatic carbocycles. The summed E-state index contributed by atoms with van der Waals surface area (Å²) < 4.78 is 5.35. The van der Waals surface area contributed by atoms with Crippen LogP contribution in [-0.2, 0) is 11.3 Å². The Kier molecular flexibility index (Phi) is 4.45. The number of benzene rings is 1. The van der Waals surface area contributed by atoms with Gasteiger partial charge in [0.15, 0.2) is 0 Å². The summed E-state index contributed by atoms with van der Waals surface area (Å²) in [5.74, 6) is -0.366. The molecule has 3 rings (SSSR count). The minimum absolute atomic E-state index is 0.225. The van der Waals surface area contributed by atoms with E-state index in [4.69, 9.17) is 16.2 Å². The van der Waals surface area contributed by atoms with Gasteiger partial charge >= 0.3 is 0 Å². The van der Waals surface area contributed by atoms with E-state index in [0.29, 0.717) is 17.1 Å². The van der Waals surface area contributed by atoms with Gasteiger partial charge in [-0.2, -0.15) is 5.10 Å². The number of nitrogens with two attached hydrogens (primary N) is 2. The van der Waals surface area contributed by atoms with Crippen LogP contribution in [-0.4, -0.2) is 47.3 Å². The first-order valence-electron chi connectivity index (χ1n) is 7.42. The molecule has 2 heterocycles. The predicted molar refractivity (Wildman–Crippen MR) is 87.9 cm³/mol. The second-order valence-electron chi connectivity index (χ2n) is 5.46. The van der Waals surface area contributed by atoms with Gasteiger partial charge in [0.2, 0.25) is 0 Å². The SMILES string of the molecule is Nc1ccc(CN2CCOCC2)cc1NC(=O)c1[nH]ncc1N. The lowest BCUT2D eigenvalue weighted by Crippen LogP contribution is -2.35. The van der Waals surface area contributed by atoms with Crippen LogP contribution >= 0.6 is 0 Å². The van der Waals surface area contributed by atoms with Gasteiger partial charge < -0.3 is 21.5 Å². The van der Waals surface area contributed by atoms with E-state index < -0.39 is 0 Å². The molecule has 1 fully saturated rings. The second-order valence-corrected chi connectivity index (χ2v) is 5.46. The molecule has 6 N–H and O–H groups in total. The van der Waals surface area contributed by atoms with Crippen LogP contribution in [0.2, 0.25) is 0 Å². The zero-order valence-corrected chi connectivity index (χ0v) is 12.7. The number of ether oxygens (including phenoxy) is 1. The largest absolute Gasteiger partial charge is 0.397 e. The van der Waals surface area contributed by atoms with Gasteiger partial charge in [-0.05, 0) is 17.7 Å². The van der Waals surface area contributed by atoms with Crippen molar-refractivity contribution in [2.75, 3.05) is 43.1 Å². The Hall–Kier alpha value is -2.58. The van der Waals surface area contributed by atoms with Gasteiger partial charge in [-0.15, -0.1) is 0 Å². The Labute approximate surface area is 133 Å². The highest BCUT2D eigenvalue weighted by Crippen LogP contribution is 2.22. The van der Waals surface area contributed by atoms with Gasteiger partial charge in [0.1, 0.15) is 5.69 Å². The van der Waals surface area contributed by atoms with Crippen LogP contribution in [0.5, 0.6) is 0 Å². The number of nitrogen functional groups attached to an aromatic ring is 2. The number of hydrogen-bond acceptors (Lipinski definition) is 6. The van der Waals surface area contributed by atoms with Crippen LogP contribution in [0.4, 0.5) is 17.1 Å². The Morgan fingerprint density at radius 1 is 1.30 bits per heavy atom. The minimum atomic E-state index is -0.366. The fourth-order valence-electron chi connectivity index (χ4n) is 2.49. The Morgan fingerprint density at radius 3 is 2.78 bits per heavy atom. The number of aromatic nitrogens is 2. The van der Waals surface area contributed by atoms with Crippen LogP contribution in [0.15, 0.2) is 24.4 Å². The number of amides is 1. The van der Waals surface area contributed by atoms with Crippen molar-refractivity contribution in [1.82, 2.24) is 15.1 Å². The molecule has 0 saturated carbocycles. The molecule has 1 aliphatic rings. The van der Waals surface area contributed by atoms with E-state index in [9.17, 15) is 4.79 Å². The van der Waals surface area contributed by atoms with Gasteiger partial charge in [0.25, 0.3) is 5.91 Å². The third kappa shape index (κ3) is 3.61. The molecule has 8 nitrogen and oxygen atoms in total. The summed E-state index contributed by atoms with van der Waals surface area (Å²) in [6, 6.07) is 5.64. The van der Waals surface area contributed by atoms with E-state index in [2.05, 4.69) is 20.4 Å². The third-order valence-corrected chi connectivity index (χ3v) is 3.77. The van der Waals surface area contributed by atoms with Crippen molar-refractivity contribution < 1.29 is 9.53 Å². The molecule has 1 aromatic carbocycles. The predicted octanol–water partition coefficient (Wildman–Crippen LogP) is 0.659. The number of carbonyl (C=O) groups excluding carboxylic acids is 1. The molecule has 0 atom stereocenters. The fourth-order valence-corrected chi connectivity index (χ4v) is 2.49. The first kappa shape index (κ1) is 15.3. The van der Waals surface area contributed by atoms with Crippen LogP contribution < -0.4 is 16.8 Å². The van der Waals surface area contributed by atoms with E-state index >= 15 is 0 Å². The van der Waals surface area contributed by atoms with Crippen molar-refractivity contribution in [2.24, 2.45) is 0 Å². The maximum atomic E-state index is 12.2. The van der Waals surface area contributed by atoms with Gasteiger partial charge in [0, 0.05) is 19.6 Å². The molecular formula is C15H20N6O2. The van der Waals surface area contributed by atoms with Gasteiger partial charge in [0.05, 0.1) is 36.5 Å². The van der Waals surface area contributed by atoms with Crippen molar-refractivity contribution in [1.29, 1.82) is 0 Å². The fraction of sp³-hybridized carbons (Fsp3) is 0.333. The Balaban J connectivity index is 1.72. The van der Waals surface area contributed by atoms with Crippen molar-refractivity contribution >= 4 is 23.0 Å². The summed E-state index contributed by atoms with van der Waals surface area (Å²) in [4.78, 5) is 14.5. The number of anilines is 3. The van der Waals surface area contributed by atoms with Gasteiger partial charge in [-0.3, -0.25) is 14.8 Å². The van der Waals surface area contributed by atoms with Crippen LogP contribution in [0.3, 0.4) is 0 Å². The quantitative estimate of drug-likeness (QED) is 0.615. The van der Waals surface area contributed by atoms with E-state index in [-0.39, 0.29) is 11.6 Å². The first-order valence-corrected chi connectivity index (χ1v) is 7.42. The highest BCUT2D eigenvalue weighted by molar-refractivity contribution is 6.07. The molecule has 0 spiro atoms. The Bertz CT molecular complexity index is 693. The van der Waals surface area contributed by atoms with Crippen molar-refractivity contribution in [3.63, 3.8) is 0 Å². The number of nitrogens with one attached hydrogen (secondary N) is 2. The summed E-state index contributed by atoms with van der Waals surface area (Å²) in [7, 11) is 0. The summed E-state index contributed by atoms with van der Waals surface area (Å²) in [5, 5.41) is 9.09. The van der Waals surface area contributed by atoms with E-state index in [1.165, 1.54) is 6.20 Å². The number of nitrogens with zero attached hydrogens (tertiary/aromatic N) is 2. The Morgan fingerprint density at radius 2 is 2.09 bits per heavy atom. The van der Waals surface area contributed by atoms with E-state index in [1.54, 1.807) is 6.07 Å². The maximum Gasteiger partial charge on any atom is 0.275 e. The number of morpholine rings is 1. The smallest absolute Gasteiger partial charge is 0.275 e. The maximum absolute atomic E-state index is 12.2. The average Bonchev–Trinajstić information content (AvgIpc) is 2.98. The van der Waals surface area contributed by atoms with Crippen LogP contribution in [0, 0.1) is 0 Å². The van der Waals surface area contributed by atoms with Crippen molar-refractivity contribution in [2.45, 2.75) is 6.54 Å². The standard InChI is InChI=1S/C15H20N6O2/c16-11-2-1-10(9-21-3-5-23-6-4-21)7-13(11)19-15(22)14-12(17)8-18-20-14/h1-2,7-8H,3-6,9,16-17H2,(H,18,20)(H,19,22). The summed E-state index contributed by atoms with van der Waals surface area (Å²) >= 11 is 0. The molecule has 8 heteroatoms. The summed E-state index contributed by atoms with van der Waals surface area (Å²) in [5.41, 5.74) is 14.3. The van der Waals surface area contributed by atoms with Crippen molar-refractivity contribution in [3.8, 4) is 0 Å². The number of aromatic amines is 1. The molecular weight excluding hydrogens is 296 g/mol. The summed E-state index contributed by atoms with van der Waals surface area (Å²) in [6.45, 7) is 4.08. The van der Waals surface area contributed by atoms with Gasteiger partial charge in [-0.1, -0.05) is 6.07 Å². The molecule has 0 radical (unpaired) electrons. The molecule has 0 bridgehead atoms. The molecule has 1 saturated heterocycles. The zero-order chi connectivity index (χ0) is 16.2. The highest BCUT2D eigenvalue weighted by Gasteiger charge is 2.15. The first-order chi connectivity index (χ1) is 11.1. The molecule has 1 amide bonds. The number of rotatable bonds is 4. The minimum Gasteiger partial charge on any atom is -0.397 e. The number of hydrogen-bond donors (Lipinski definition) is 4. The number of carbonyl (C=O) groups is 1.